The lowest BCUT2D eigenvalue weighted by atomic mass is 10.1. The van der Waals surface area contributed by atoms with Crippen molar-refractivity contribution in [2.45, 2.75) is 0 Å². The number of rotatable bonds is 2. The van der Waals surface area contributed by atoms with Crippen molar-refractivity contribution in [2.24, 2.45) is 0 Å². The molecule has 5 nitrogen and oxygen atoms in total. The van der Waals surface area contributed by atoms with E-state index in [1.54, 1.807) is 24.4 Å². The van der Waals surface area contributed by atoms with Crippen LogP contribution in [0, 0.1) is 10.1 Å². The van der Waals surface area contributed by atoms with Gasteiger partial charge in [-0.25, -0.2) is 0 Å². The molecule has 82 valence electrons. The molecule has 0 aliphatic carbocycles. The fourth-order valence-electron chi connectivity index (χ4n) is 1.52. The highest BCUT2D eigenvalue weighted by Gasteiger charge is 2.21. The van der Waals surface area contributed by atoms with E-state index >= 15 is 0 Å². The number of aromatic nitrogens is 1. The predicted molar refractivity (Wildman–Crippen MR) is 62.6 cm³/mol. The number of nitrogens with zero attached hydrogens (tertiary/aromatic N) is 2. The summed E-state index contributed by atoms with van der Waals surface area (Å²) in [5, 5.41) is 11.4. The Bertz CT molecular complexity index is 571. The van der Waals surface area contributed by atoms with Gasteiger partial charge in [0.25, 0.3) is 0 Å². The predicted octanol–water partition coefficient (Wildman–Crippen LogP) is 2.91. The molecule has 1 aromatic heterocycles. The number of fused-ring (bicyclic) bond motifs is 1. The minimum Gasteiger partial charge on any atom is -0.490 e. The van der Waals surface area contributed by atoms with E-state index in [-0.39, 0.29) is 11.4 Å². The summed E-state index contributed by atoms with van der Waals surface area (Å²) in [5.41, 5.74) is 0.490. The lowest BCUT2D eigenvalue weighted by Gasteiger charge is -2.06. The maximum Gasteiger partial charge on any atom is 0.320 e. The smallest absolute Gasteiger partial charge is 0.320 e. The summed E-state index contributed by atoms with van der Waals surface area (Å²) in [6, 6.07) is 4.85. The Morgan fingerprint density at radius 3 is 2.94 bits per heavy atom. The third-order valence-corrected chi connectivity index (χ3v) is 2.79. The lowest BCUT2D eigenvalue weighted by molar-refractivity contribution is -0.384. The maximum atomic E-state index is 11.0. The number of benzene rings is 1. The molecule has 1 heterocycles. The van der Waals surface area contributed by atoms with E-state index in [1.165, 1.54) is 7.11 Å². The molecule has 0 spiro atoms. The second-order valence-electron chi connectivity index (χ2n) is 3.07. The minimum absolute atomic E-state index is 0.0613. The molecule has 0 fully saturated rings. The van der Waals surface area contributed by atoms with Crippen LogP contribution in [0.2, 0.25) is 0 Å². The number of nitro groups is 1. The molecule has 2 rings (SSSR count). The molecule has 0 saturated heterocycles. The van der Waals surface area contributed by atoms with Crippen molar-refractivity contribution in [1.29, 1.82) is 0 Å². The van der Waals surface area contributed by atoms with Gasteiger partial charge in [0.15, 0.2) is 5.75 Å². The summed E-state index contributed by atoms with van der Waals surface area (Å²) >= 11 is 3.31. The summed E-state index contributed by atoms with van der Waals surface area (Å²) in [7, 11) is 1.40. The van der Waals surface area contributed by atoms with Crippen LogP contribution in [-0.4, -0.2) is 17.0 Å². The Hall–Kier alpha value is -1.69. The van der Waals surface area contributed by atoms with Crippen molar-refractivity contribution in [3.8, 4) is 5.75 Å². The summed E-state index contributed by atoms with van der Waals surface area (Å²) in [5.74, 6) is 0.220. The van der Waals surface area contributed by atoms with E-state index in [4.69, 9.17) is 4.74 Å². The number of methoxy groups -OCH3 is 1. The molecule has 2 aromatic rings. The van der Waals surface area contributed by atoms with Crippen LogP contribution in [0.3, 0.4) is 0 Å². The summed E-state index contributed by atoms with van der Waals surface area (Å²) < 4.78 is 5.67. The van der Waals surface area contributed by atoms with Crippen molar-refractivity contribution in [3.63, 3.8) is 0 Å². The number of hydrogen-bond donors (Lipinski definition) is 0. The van der Waals surface area contributed by atoms with Gasteiger partial charge in [0.2, 0.25) is 0 Å². The Kier molecular flexibility index (Phi) is 2.74. The van der Waals surface area contributed by atoms with E-state index in [9.17, 15) is 10.1 Å². The molecule has 0 amide bonds. The van der Waals surface area contributed by atoms with Gasteiger partial charge < -0.3 is 4.74 Å². The largest absolute Gasteiger partial charge is 0.490 e. The van der Waals surface area contributed by atoms with Crippen molar-refractivity contribution in [1.82, 2.24) is 4.98 Å². The van der Waals surface area contributed by atoms with Crippen molar-refractivity contribution >= 4 is 32.5 Å². The van der Waals surface area contributed by atoms with E-state index in [0.29, 0.717) is 15.4 Å². The molecule has 1 aromatic carbocycles. The first-order valence-corrected chi connectivity index (χ1v) is 5.20. The van der Waals surface area contributed by atoms with Crippen LogP contribution < -0.4 is 4.74 Å². The van der Waals surface area contributed by atoms with Crippen LogP contribution in [0.15, 0.2) is 28.9 Å². The van der Waals surface area contributed by atoms with Gasteiger partial charge in [0, 0.05) is 16.7 Å². The fraction of sp³-hybridized carbons (Fsp3) is 0.100. The first kappa shape index (κ1) is 10.8. The molecule has 6 heteroatoms. The molecular weight excluding hydrogens is 276 g/mol. The quantitative estimate of drug-likeness (QED) is 0.628. The van der Waals surface area contributed by atoms with Crippen LogP contribution in [0.25, 0.3) is 10.9 Å². The third kappa shape index (κ3) is 1.61. The van der Waals surface area contributed by atoms with Crippen LogP contribution in [0.1, 0.15) is 0 Å². The second-order valence-corrected chi connectivity index (χ2v) is 3.92. The fourth-order valence-corrected chi connectivity index (χ4v) is 2.04. The van der Waals surface area contributed by atoms with Crippen LogP contribution in [-0.2, 0) is 0 Å². The van der Waals surface area contributed by atoms with Crippen molar-refractivity contribution in [3.05, 3.63) is 39.0 Å². The van der Waals surface area contributed by atoms with Gasteiger partial charge in [-0.1, -0.05) is 0 Å². The minimum atomic E-state index is -0.463. The zero-order valence-corrected chi connectivity index (χ0v) is 9.89. The Morgan fingerprint density at radius 2 is 2.31 bits per heavy atom. The van der Waals surface area contributed by atoms with E-state index in [0.717, 1.165) is 0 Å². The van der Waals surface area contributed by atoms with Gasteiger partial charge in [-0.2, -0.15) is 0 Å². The summed E-state index contributed by atoms with van der Waals surface area (Å²) in [4.78, 5) is 14.6. The number of nitro benzene ring substituents is 1. The zero-order chi connectivity index (χ0) is 11.7. The van der Waals surface area contributed by atoms with Gasteiger partial charge in [0.05, 0.1) is 22.9 Å². The third-order valence-electron chi connectivity index (χ3n) is 2.18. The SMILES string of the molecule is COc1cc(Br)c2ncccc2c1[N+](=O)[O-]. The molecule has 0 unspecified atom stereocenters. The highest BCUT2D eigenvalue weighted by Crippen LogP contribution is 2.38. The number of ether oxygens (including phenoxy) is 1. The Labute approximate surface area is 99.3 Å². The number of hydrogen-bond acceptors (Lipinski definition) is 4. The van der Waals surface area contributed by atoms with Gasteiger partial charge in [-0.3, -0.25) is 15.1 Å². The molecule has 0 atom stereocenters. The molecule has 0 aliphatic rings. The highest BCUT2D eigenvalue weighted by molar-refractivity contribution is 9.10. The number of pyridine rings is 1. The van der Waals surface area contributed by atoms with E-state index < -0.39 is 4.92 Å². The monoisotopic (exact) mass is 282 g/mol. The molecule has 0 aliphatic heterocycles. The molecule has 0 radical (unpaired) electrons. The molecule has 16 heavy (non-hydrogen) atoms. The lowest BCUT2D eigenvalue weighted by Crippen LogP contribution is -1.96. The van der Waals surface area contributed by atoms with Crippen molar-refractivity contribution in [2.75, 3.05) is 7.11 Å². The molecular formula is C10H7BrN2O3. The topological polar surface area (TPSA) is 65.3 Å². The Morgan fingerprint density at radius 1 is 1.56 bits per heavy atom. The van der Waals surface area contributed by atoms with Crippen LogP contribution in [0.4, 0.5) is 5.69 Å². The van der Waals surface area contributed by atoms with Gasteiger partial charge in [-0.15, -0.1) is 0 Å². The average Bonchev–Trinajstić information content (AvgIpc) is 2.28. The highest BCUT2D eigenvalue weighted by atomic mass is 79.9. The second kappa shape index (κ2) is 4.05. The first-order valence-electron chi connectivity index (χ1n) is 4.40. The van der Waals surface area contributed by atoms with Crippen LogP contribution in [0.5, 0.6) is 5.75 Å². The van der Waals surface area contributed by atoms with Crippen LogP contribution >= 0.6 is 15.9 Å². The zero-order valence-electron chi connectivity index (χ0n) is 8.31. The van der Waals surface area contributed by atoms with Gasteiger partial charge in [0.1, 0.15) is 0 Å². The maximum absolute atomic E-state index is 11.0. The Balaban J connectivity index is 2.92. The summed E-state index contributed by atoms with van der Waals surface area (Å²) in [6.07, 6.45) is 1.59. The molecule has 0 bridgehead atoms. The number of halogens is 1. The van der Waals surface area contributed by atoms with Gasteiger partial charge in [-0.05, 0) is 28.1 Å². The molecule has 0 saturated carbocycles. The normalized spacial score (nSPS) is 10.4. The van der Waals surface area contributed by atoms with Crippen molar-refractivity contribution < 1.29 is 9.66 Å². The summed E-state index contributed by atoms with van der Waals surface area (Å²) in [6.45, 7) is 0. The van der Waals surface area contributed by atoms with E-state index in [1.807, 2.05) is 0 Å². The first-order chi connectivity index (χ1) is 7.65. The average molecular weight is 283 g/mol. The standard InChI is InChI=1S/C10H7BrN2O3/c1-16-8-5-7(11)9-6(3-2-4-12-9)10(8)13(14)15/h2-5H,1H3. The van der Waals surface area contributed by atoms with E-state index in [2.05, 4.69) is 20.9 Å². The van der Waals surface area contributed by atoms with Gasteiger partial charge >= 0.3 is 5.69 Å². The molecule has 0 N–H and O–H groups in total.